The van der Waals surface area contributed by atoms with Gasteiger partial charge in [0.1, 0.15) is 0 Å². The zero-order valence-electron chi connectivity index (χ0n) is 10.5. The monoisotopic (exact) mass is 247 g/mol. The zero-order chi connectivity index (χ0) is 13.0. The van der Waals surface area contributed by atoms with Crippen molar-refractivity contribution in [2.75, 3.05) is 19.7 Å². The van der Waals surface area contributed by atoms with Gasteiger partial charge in [0.2, 0.25) is 0 Å². The normalized spacial score (nSPS) is 14.6. The van der Waals surface area contributed by atoms with E-state index in [9.17, 15) is 9.59 Å². The number of nitrogens with zero attached hydrogens (tertiary/aromatic N) is 1. The van der Waals surface area contributed by atoms with Crippen molar-refractivity contribution in [1.29, 1.82) is 0 Å². The summed E-state index contributed by atoms with van der Waals surface area (Å²) < 4.78 is 5.01. The fraction of sp³-hybridized carbons (Fsp3) is 0.429. The smallest absolute Gasteiger partial charge is 0.338 e. The number of benzene rings is 1. The molecule has 1 aromatic rings. The molecule has 1 saturated heterocycles. The van der Waals surface area contributed by atoms with Gasteiger partial charge >= 0.3 is 5.97 Å². The number of likely N-dealkylation sites (tertiary alicyclic amines) is 1. The quantitative estimate of drug-likeness (QED) is 0.765. The summed E-state index contributed by atoms with van der Waals surface area (Å²) in [5.74, 6) is -0.546. The van der Waals surface area contributed by atoms with Gasteiger partial charge in [-0.2, -0.15) is 0 Å². The number of hydrogen-bond acceptors (Lipinski definition) is 3. The maximum Gasteiger partial charge on any atom is 0.338 e. The summed E-state index contributed by atoms with van der Waals surface area (Å²) in [5.41, 5.74) is 1.56. The minimum absolute atomic E-state index is 0.104. The highest BCUT2D eigenvalue weighted by Gasteiger charge is 2.19. The van der Waals surface area contributed by atoms with Crippen LogP contribution in [0.3, 0.4) is 0 Å². The van der Waals surface area contributed by atoms with Crippen molar-refractivity contribution in [3.05, 3.63) is 35.4 Å². The van der Waals surface area contributed by atoms with E-state index < -0.39 is 5.97 Å². The SMILES string of the molecule is Cc1ccc(C(=O)OCC(=O)N2CCCC2)cc1. The molecule has 1 heterocycles. The van der Waals surface area contributed by atoms with E-state index >= 15 is 0 Å². The summed E-state index contributed by atoms with van der Waals surface area (Å²) in [4.78, 5) is 25.1. The molecule has 1 amide bonds. The topological polar surface area (TPSA) is 46.6 Å². The van der Waals surface area contributed by atoms with Gasteiger partial charge in [0.05, 0.1) is 5.56 Å². The molecule has 4 heteroatoms. The Morgan fingerprint density at radius 3 is 2.39 bits per heavy atom. The van der Waals surface area contributed by atoms with Crippen molar-refractivity contribution in [1.82, 2.24) is 4.90 Å². The van der Waals surface area contributed by atoms with E-state index in [-0.39, 0.29) is 12.5 Å². The van der Waals surface area contributed by atoms with Gasteiger partial charge in [-0.25, -0.2) is 4.79 Å². The van der Waals surface area contributed by atoms with Gasteiger partial charge < -0.3 is 9.64 Å². The third-order valence-electron chi connectivity index (χ3n) is 3.07. The van der Waals surface area contributed by atoms with E-state index in [0.717, 1.165) is 31.5 Å². The molecule has 0 aliphatic carbocycles. The summed E-state index contributed by atoms with van der Waals surface area (Å²) in [6.45, 7) is 3.35. The van der Waals surface area contributed by atoms with E-state index in [1.165, 1.54) is 0 Å². The summed E-state index contributed by atoms with van der Waals surface area (Å²) in [6.07, 6.45) is 2.08. The number of amides is 1. The molecule has 0 aromatic heterocycles. The van der Waals surface area contributed by atoms with Gasteiger partial charge in [-0.1, -0.05) is 17.7 Å². The summed E-state index contributed by atoms with van der Waals surface area (Å²) >= 11 is 0. The van der Waals surface area contributed by atoms with Gasteiger partial charge in [0.25, 0.3) is 5.91 Å². The van der Waals surface area contributed by atoms with Crippen molar-refractivity contribution in [2.24, 2.45) is 0 Å². The van der Waals surface area contributed by atoms with Crippen molar-refractivity contribution >= 4 is 11.9 Å². The lowest BCUT2D eigenvalue weighted by Gasteiger charge is -2.14. The van der Waals surface area contributed by atoms with Gasteiger partial charge in [0.15, 0.2) is 6.61 Å². The highest BCUT2D eigenvalue weighted by atomic mass is 16.5. The van der Waals surface area contributed by atoms with Gasteiger partial charge in [-0.15, -0.1) is 0 Å². The van der Waals surface area contributed by atoms with E-state index in [0.29, 0.717) is 5.56 Å². The Hall–Kier alpha value is -1.84. The average Bonchev–Trinajstić information content (AvgIpc) is 2.90. The van der Waals surface area contributed by atoms with Gasteiger partial charge in [-0.3, -0.25) is 4.79 Å². The van der Waals surface area contributed by atoms with Crippen LogP contribution in [0.5, 0.6) is 0 Å². The molecule has 1 aromatic carbocycles. The standard InChI is InChI=1S/C14H17NO3/c1-11-4-6-12(7-5-11)14(17)18-10-13(16)15-8-2-3-9-15/h4-7H,2-3,8-10H2,1H3. The molecule has 4 nitrogen and oxygen atoms in total. The molecule has 0 bridgehead atoms. The largest absolute Gasteiger partial charge is 0.452 e. The van der Waals surface area contributed by atoms with E-state index in [1.807, 2.05) is 19.1 Å². The van der Waals surface area contributed by atoms with E-state index in [4.69, 9.17) is 4.74 Å². The molecule has 0 saturated carbocycles. The number of carbonyl (C=O) groups is 2. The second kappa shape index (κ2) is 5.67. The molecule has 0 atom stereocenters. The third kappa shape index (κ3) is 3.09. The first-order valence-electron chi connectivity index (χ1n) is 6.18. The first-order valence-corrected chi connectivity index (χ1v) is 6.18. The van der Waals surface area contributed by atoms with Gasteiger partial charge in [0, 0.05) is 13.1 Å². The van der Waals surface area contributed by atoms with E-state index in [2.05, 4.69) is 0 Å². The van der Waals surface area contributed by atoms with Crippen molar-refractivity contribution in [2.45, 2.75) is 19.8 Å². The first kappa shape index (κ1) is 12.6. The Balaban J connectivity index is 1.84. The fourth-order valence-corrected chi connectivity index (χ4v) is 1.96. The molecular weight excluding hydrogens is 230 g/mol. The number of rotatable bonds is 3. The number of carbonyl (C=O) groups excluding carboxylic acids is 2. The second-order valence-corrected chi connectivity index (χ2v) is 4.53. The summed E-state index contributed by atoms with van der Waals surface area (Å²) in [6, 6.07) is 7.10. The number of esters is 1. The minimum atomic E-state index is -0.442. The molecule has 96 valence electrons. The summed E-state index contributed by atoms with van der Waals surface area (Å²) in [5, 5.41) is 0. The molecule has 1 fully saturated rings. The van der Waals surface area contributed by atoms with Crippen LogP contribution in [0.15, 0.2) is 24.3 Å². The van der Waals surface area contributed by atoms with Crippen LogP contribution < -0.4 is 0 Å². The van der Waals surface area contributed by atoms with Crippen molar-refractivity contribution in [3.63, 3.8) is 0 Å². The Morgan fingerprint density at radius 2 is 1.78 bits per heavy atom. The van der Waals surface area contributed by atoms with Crippen LogP contribution in [0.2, 0.25) is 0 Å². The van der Waals surface area contributed by atoms with Crippen LogP contribution in [0.4, 0.5) is 0 Å². The van der Waals surface area contributed by atoms with Crippen molar-refractivity contribution < 1.29 is 14.3 Å². The first-order chi connectivity index (χ1) is 8.66. The lowest BCUT2D eigenvalue weighted by Crippen LogP contribution is -2.32. The summed E-state index contributed by atoms with van der Waals surface area (Å²) in [7, 11) is 0. The van der Waals surface area contributed by atoms with Crippen LogP contribution in [-0.2, 0) is 9.53 Å². The predicted octanol–water partition coefficient (Wildman–Crippen LogP) is 1.77. The maximum atomic E-state index is 11.7. The lowest BCUT2D eigenvalue weighted by molar-refractivity contribution is -0.133. The molecule has 18 heavy (non-hydrogen) atoms. The number of hydrogen-bond donors (Lipinski definition) is 0. The Kier molecular flexibility index (Phi) is 3.97. The lowest BCUT2D eigenvalue weighted by atomic mass is 10.1. The second-order valence-electron chi connectivity index (χ2n) is 4.53. The van der Waals surface area contributed by atoms with Crippen LogP contribution in [-0.4, -0.2) is 36.5 Å². The van der Waals surface area contributed by atoms with Crippen molar-refractivity contribution in [3.8, 4) is 0 Å². The van der Waals surface area contributed by atoms with Gasteiger partial charge in [-0.05, 0) is 31.9 Å². The average molecular weight is 247 g/mol. The molecule has 2 rings (SSSR count). The zero-order valence-corrected chi connectivity index (χ0v) is 10.5. The predicted molar refractivity (Wildman–Crippen MR) is 67.3 cm³/mol. The molecule has 1 aliphatic rings. The number of aryl methyl sites for hydroxylation is 1. The number of ether oxygens (including phenoxy) is 1. The molecule has 1 aliphatic heterocycles. The molecule has 0 spiro atoms. The highest BCUT2D eigenvalue weighted by Crippen LogP contribution is 2.08. The maximum absolute atomic E-state index is 11.7. The molecule has 0 N–H and O–H groups in total. The molecule has 0 unspecified atom stereocenters. The van der Waals surface area contributed by atoms with Crippen LogP contribution in [0.1, 0.15) is 28.8 Å². The fourth-order valence-electron chi connectivity index (χ4n) is 1.96. The Labute approximate surface area is 107 Å². The minimum Gasteiger partial charge on any atom is -0.452 e. The van der Waals surface area contributed by atoms with Crippen LogP contribution in [0.25, 0.3) is 0 Å². The van der Waals surface area contributed by atoms with Crippen LogP contribution in [0, 0.1) is 6.92 Å². The molecular formula is C14H17NO3. The van der Waals surface area contributed by atoms with E-state index in [1.54, 1.807) is 17.0 Å². The highest BCUT2D eigenvalue weighted by molar-refractivity contribution is 5.91. The Morgan fingerprint density at radius 1 is 1.17 bits per heavy atom. The Bertz CT molecular complexity index is 433. The van der Waals surface area contributed by atoms with Crippen LogP contribution >= 0.6 is 0 Å². The third-order valence-corrected chi connectivity index (χ3v) is 3.07. The molecule has 0 radical (unpaired) electrons.